The van der Waals surface area contributed by atoms with E-state index in [-0.39, 0.29) is 23.7 Å². The lowest BCUT2D eigenvalue weighted by Crippen LogP contribution is -2.34. The Kier molecular flexibility index (Phi) is 5.14. The highest BCUT2D eigenvalue weighted by Crippen LogP contribution is 2.37. The molecule has 0 bridgehead atoms. The van der Waals surface area contributed by atoms with Gasteiger partial charge in [-0.2, -0.15) is 5.26 Å². The Hall–Kier alpha value is -1.57. The zero-order valence-electron chi connectivity index (χ0n) is 11.3. The van der Waals surface area contributed by atoms with E-state index in [1.807, 2.05) is 6.92 Å². The lowest BCUT2D eigenvalue weighted by molar-refractivity contribution is -0.130. The summed E-state index contributed by atoms with van der Waals surface area (Å²) in [6.45, 7) is 4.64. The highest BCUT2D eigenvalue weighted by atomic mass is 16.2. The number of nitrogens with zero attached hydrogens (tertiary/aromatic N) is 2. The van der Waals surface area contributed by atoms with Gasteiger partial charge < -0.3 is 10.2 Å². The fourth-order valence-electron chi connectivity index (χ4n) is 1.86. The standard InChI is InChI=1S/C13H21N3O2/c1-9(7-14)8-16(3)12(17)4-5-15-13(18)11-6-10(11)2/h9-11H,4-6,8H2,1-3H3,(H,15,18)/t9-,10+,11+/m1/s1. The molecule has 0 aliphatic heterocycles. The Balaban J connectivity index is 2.16. The summed E-state index contributed by atoms with van der Waals surface area (Å²) in [6, 6.07) is 2.09. The molecule has 0 aromatic rings. The zero-order valence-corrected chi connectivity index (χ0v) is 11.3. The van der Waals surface area contributed by atoms with Crippen LogP contribution in [0.15, 0.2) is 0 Å². The molecule has 0 aromatic heterocycles. The summed E-state index contributed by atoms with van der Waals surface area (Å²) < 4.78 is 0. The van der Waals surface area contributed by atoms with Crippen LogP contribution < -0.4 is 5.32 Å². The van der Waals surface area contributed by atoms with Gasteiger partial charge in [0.1, 0.15) is 0 Å². The third-order valence-electron chi connectivity index (χ3n) is 3.28. The molecule has 18 heavy (non-hydrogen) atoms. The Labute approximate surface area is 108 Å². The van der Waals surface area contributed by atoms with Gasteiger partial charge in [-0.15, -0.1) is 0 Å². The van der Waals surface area contributed by atoms with E-state index in [0.717, 1.165) is 6.42 Å². The van der Waals surface area contributed by atoms with Crippen LogP contribution in [0.3, 0.4) is 0 Å². The molecule has 1 rings (SSSR count). The summed E-state index contributed by atoms with van der Waals surface area (Å²) >= 11 is 0. The molecule has 1 N–H and O–H groups in total. The summed E-state index contributed by atoms with van der Waals surface area (Å²) in [6.07, 6.45) is 1.25. The van der Waals surface area contributed by atoms with Crippen molar-refractivity contribution in [2.45, 2.75) is 26.7 Å². The predicted octanol–water partition coefficient (Wildman–Crippen LogP) is 0.767. The van der Waals surface area contributed by atoms with E-state index in [9.17, 15) is 9.59 Å². The van der Waals surface area contributed by atoms with Crippen molar-refractivity contribution in [1.29, 1.82) is 5.26 Å². The van der Waals surface area contributed by atoms with Crippen molar-refractivity contribution in [3.05, 3.63) is 0 Å². The number of carbonyl (C=O) groups excluding carboxylic acids is 2. The van der Waals surface area contributed by atoms with Gasteiger partial charge in [-0.3, -0.25) is 9.59 Å². The van der Waals surface area contributed by atoms with Crippen molar-refractivity contribution >= 4 is 11.8 Å². The Bertz CT molecular complexity index is 362. The van der Waals surface area contributed by atoms with Crippen LogP contribution in [0.4, 0.5) is 0 Å². The molecule has 0 saturated heterocycles. The highest BCUT2D eigenvalue weighted by molar-refractivity contribution is 5.82. The van der Waals surface area contributed by atoms with Crippen molar-refractivity contribution in [2.75, 3.05) is 20.1 Å². The van der Waals surface area contributed by atoms with Crippen molar-refractivity contribution in [3.8, 4) is 6.07 Å². The van der Waals surface area contributed by atoms with Crippen LogP contribution in [0.5, 0.6) is 0 Å². The van der Waals surface area contributed by atoms with Gasteiger partial charge in [0.15, 0.2) is 0 Å². The van der Waals surface area contributed by atoms with E-state index in [1.165, 1.54) is 0 Å². The summed E-state index contributed by atoms with van der Waals surface area (Å²) in [5.74, 6) is 0.488. The number of nitriles is 1. The smallest absolute Gasteiger partial charge is 0.224 e. The molecular weight excluding hydrogens is 230 g/mol. The average Bonchev–Trinajstić information content (AvgIpc) is 3.05. The van der Waals surface area contributed by atoms with Gasteiger partial charge in [0.05, 0.1) is 12.0 Å². The number of carbonyl (C=O) groups is 2. The van der Waals surface area contributed by atoms with Gasteiger partial charge in [0.25, 0.3) is 0 Å². The second-order valence-electron chi connectivity index (χ2n) is 5.16. The fourth-order valence-corrected chi connectivity index (χ4v) is 1.86. The maximum atomic E-state index is 11.7. The van der Waals surface area contributed by atoms with Gasteiger partial charge >= 0.3 is 0 Å². The lowest BCUT2D eigenvalue weighted by Gasteiger charge is -2.18. The first-order valence-corrected chi connectivity index (χ1v) is 6.37. The predicted molar refractivity (Wildman–Crippen MR) is 67.3 cm³/mol. The Morgan fingerprint density at radius 2 is 2.17 bits per heavy atom. The Morgan fingerprint density at radius 3 is 2.67 bits per heavy atom. The first-order valence-electron chi connectivity index (χ1n) is 6.37. The fraction of sp³-hybridized carbons (Fsp3) is 0.769. The molecule has 0 aromatic carbocycles. The van der Waals surface area contributed by atoms with Gasteiger partial charge in [0, 0.05) is 32.5 Å². The third kappa shape index (κ3) is 4.36. The van der Waals surface area contributed by atoms with E-state index in [1.54, 1.807) is 18.9 Å². The molecule has 1 aliphatic rings. The van der Waals surface area contributed by atoms with Crippen LogP contribution in [0.2, 0.25) is 0 Å². The van der Waals surface area contributed by atoms with Crippen LogP contribution in [-0.4, -0.2) is 36.9 Å². The first-order chi connectivity index (χ1) is 8.45. The van der Waals surface area contributed by atoms with Gasteiger partial charge in [-0.1, -0.05) is 6.92 Å². The SMILES string of the molecule is C[C@H](C#N)CN(C)C(=O)CCNC(=O)[C@H]1C[C@@H]1C. The first kappa shape index (κ1) is 14.5. The van der Waals surface area contributed by atoms with Crippen molar-refractivity contribution < 1.29 is 9.59 Å². The molecule has 0 heterocycles. The molecule has 1 saturated carbocycles. The maximum absolute atomic E-state index is 11.7. The summed E-state index contributed by atoms with van der Waals surface area (Å²) in [5, 5.41) is 11.4. The summed E-state index contributed by atoms with van der Waals surface area (Å²) in [5.41, 5.74) is 0. The second-order valence-corrected chi connectivity index (χ2v) is 5.16. The van der Waals surface area contributed by atoms with Crippen molar-refractivity contribution in [1.82, 2.24) is 10.2 Å². The maximum Gasteiger partial charge on any atom is 0.224 e. The molecule has 1 fully saturated rings. The zero-order chi connectivity index (χ0) is 13.7. The largest absolute Gasteiger partial charge is 0.355 e. The normalized spacial score (nSPS) is 22.8. The molecule has 0 spiro atoms. The van der Waals surface area contributed by atoms with Crippen LogP contribution in [-0.2, 0) is 9.59 Å². The monoisotopic (exact) mass is 251 g/mol. The minimum Gasteiger partial charge on any atom is -0.355 e. The Morgan fingerprint density at radius 1 is 1.56 bits per heavy atom. The summed E-state index contributed by atoms with van der Waals surface area (Å²) in [7, 11) is 1.68. The average molecular weight is 251 g/mol. The molecule has 0 unspecified atom stereocenters. The minimum absolute atomic E-state index is 0.0405. The quantitative estimate of drug-likeness (QED) is 0.757. The van der Waals surface area contributed by atoms with E-state index in [2.05, 4.69) is 11.4 Å². The molecule has 3 atom stereocenters. The molecule has 2 amide bonds. The molecule has 0 radical (unpaired) electrons. The lowest BCUT2D eigenvalue weighted by atomic mass is 10.2. The van der Waals surface area contributed by atoms with Crippen LogP contribution in [0.1, 0.15) is 26.7 Å². The van der Waals surface area contributed by atoms with Crippen LogP contribution in [0, 0.1) is 29.1 Å². The number of rotatable bonds is 6. The number of nitrogens with one attached hydrogen (secondary N) is 1. The molecule has 5 heteroatoms. The highest BCUT2D eigenvalue weighted by Gasteiger charge is 2.38. The minimum atomic E-state index is -0.166. The topological polar surface area (TPSA) is 73.2 Å². The second kappa shape index (κ2) is 6.39. The number of hydrogen-bond donors (Lipinski definition) is 1. The van der Waals surface area contributed by atoms with E-state index in [0.29, 0.717) is 25.4 Å². The third-order valence-corrected chi connectivity index (χ3v) is 3.28. The number of hydrogen-bond acceptors (Lipinski definition) is 3. The van der Waals surface area contributed by atoms with Crippen LogP contribution in [0.25, 0.3) is 0 Å². The molecule has 1 aliphatic carbocycles. The molecular formula is C13H21N3O2. The van der Waals surface area contributed by atoms with Crippen molar-refractivity contribution in [2.24, 2.45) is 17.8 Å². The van der Waals surface area contributed by atoms with Crippen molar-refractivity contribution in [3.63, 3.8) is 0 Å². The van der Waals surface area contributed by atoms with Gasteiger partial charge in [-0.25, -0.2) is 0 Å². The molecule has 100 valence electrons. The van der Waals surface area contributed by atoms with E-state index in [4.69, 9.17) is 5.26 Å². The van der Waals surface area contributed by atoms with E-state index >= 15 is 0 Å². The van der Waals surface area contributed by atoms with E-state index < -0.39 is 0 Å². The summed E-state index contributed by atoms with van der Waals surface area (Å²) in [4.78, 5) is 24.7. The number of amides is 2. The van der Waals surface area contributed by atoms with Gasteiger partial charge in [0.2, 0.25) is 11.8 Å². The molecule has 5 nitrogen and oxygen atoms in total. The van der Waals surface area contributed by atoms with Gasteiger partial charge in [-0.05, 0) is 19.3 Å². The van der Waals surface area contributed by atoms with Crippen LogP contribution >= 0.6 is 0 Å².